The van der Waals surface area contributed by atoms with Crippen molar-refractivity contribution in [2.24, 2.45) is 0 Å². The standard InChI is InChI=1S/C14H13FN2O/c1-3-6-16-14(18)12-7-10-4-5-11(15)8-13(10)17-9(12)2/h3-5,7-8H,1,6H2,2H3,(H,16,18). The summed E-state index contributed by atoms with van der Waals surface area (Å²) in [6.07, 6.45) is 1.61. The molecule has 0 saturated heterocycles. The molecule has 0 unspecified atom stereocenters. The van der Waals surface area contributed by atoms with E-state index >= 15 is 0 Å². The Morgan fingerprint density at radius 3 is 3.00 bits per heavy atom. The van der Waals surface area contributed by atoms with E-state index < -0.39 is 0 Å². The van der Waals surface area contributed by atoms with Crippen molar-refractivity contribution in [3.63, 3.8) is 0 Å². The van der Waals surface area contributed by atoms with Crippen LogP contribution in [0.3, 0.4) is 0 Å². The molecule has 1 N–H and O–H groups in total. The Morgan fingerprint density at radius 2 is 2.28 bits per heavy atom. The van der Waals surface area contributed by atoms with Crippen molar-refractivity contribution in [3.05, 3.63) is 54.0 Å². The summed E-state index contributed by atoms with van der Waals surface area (Å²) in [5, 5.41) is 3.44. The summed E-state index contributed by atoms with van der Waals surface area (Å²) in [6, 6.07) is 6.04. The van der Waals surface area contributed by atoms with E-state index in [1.807, 2.05) is 0 Å². The number of aryl methyl sites for hydroxylation is 1. The molecule has 0 aliphatic heterocycles. The van der Waals surface area contributed by atoms with Crippen molar-refractivity contribution >= 4 is 16.8 Å². The first-order chi connectivity index (χ1) is 8.61. The number of halogens is 1. The normalized spacial score (nSPS) is 10.3. The van der Waals surface area contributed by atoms with Gasteiger partial charge in [-0.2, -0.15) is 0 Å². The minimum atomic E-state index is -0.335. The molecule has 0 atom stereocenters. The number of hydrogen-bond acceptors (Lipinski definition) is 2. The topological polar surface area (TPSA) is 42.0 Å². The lowest BCUT2D eigenvalue weighted by molar-refractivity contribution is 0.0957. The van der Waals surface area contributed by atoms with E-state index in [9.17, 15) is 9.18 Å². The van der Waals surface area contributed by atoms with E-state index in [2.05, 4.69) is 16.9 Å². The maximum Gasteiger partial charge on any atom is 0.253 e. The Kier molecular flexibility index (Phi) is 3.37. The molecule has 2 rings (SSSR count). The highest BCUT2D eigenvalue weighted by Gasteiger charge is 2.11. The van der Waals surface area contributed by atoms with Crippen LogP contribution in [0.25, 0.3) is 10.9 Å². The third-order valence-corrected chi connectivity index (χ3v) is 2.62. The number of aromatic nitrogens is 1. The van der Waals surface area contributed by atoms with Crippen LogP contribution in [-0.4, -0.2) is 17.4 Å². The fraction of sp³-hybridized carbons (Fsp3) is 0.143. The van der Waals surface area contributed by atoms with E-state index in [1.54, 1.807) is 25.1 Å². The highest BCUT2D eigenvalue weighted by Crippen LogP contribution is 2.17. The van der Waals surface area contributed by atoms with Crippen LogP contribution in [-0.2, 0) is 0 Å². The Morgan fingerprint density at radius 1 is 1.50 bits per heavy atom. The third kappa shape index (κ3) is 2.37. The van der Waals surface area contributed by atoms with Crippen LogP contribution in [0.2, 0.25) is 0 Å². The number of carbonyl (C=O) groups excluding carboxylic acids is 1. The molecule has 0 bridgehead atoms. The summed E-state index contributed by atoms with van der Waals surface area (Å²) in [5.41, 5.74) is 1.62. The van der Waals surface area contributed by atoms with Crippen LogP contribution in [0.4, 0.5) is 4.39 Å². The van der Waals surface area contributed by atoms with Crippen LogP contribution < -0.4 is 5.32 Å². The molecule has 0 radical (unpaired) electrons. The number of nitrogens with zero attached hydrogens (tertiary/aromatic N) is 1. The van der Waals surface area contributed by atoms with Gasteiger partial charge in [-0.3, -0.25) is 9.78 Å². The maximum absolute atomic E-state index is 13.1. The molecule has 1 amide bonds. The second-order valence-electron chi connectivity index (χ2n) is 3.96. The monoisotopic (exact) mass is 244 g/mol. The zero-order valence-electron chi connectivity index (χ0n) is 10.0. The molecular formula is C14H13FN2O. The smallest absolute Gasteiger partial charge is 0.253 e. The molecule has 1 heterocycles. The summed E-state index contributed by atoms with van der Waals surface area (Å²) in [4.78, 5) is 16.1. The molecule has 18 heavy (non-hydrogen) atoms. The number of rotatable bonds is 3. The molecule has 0 aliphatic rings. The summed E-state index contributed by atoms with van der Waals surface area (Å²) < 4.78 is 13.1. The summed E-state index contributed by atoms with van der Waals surface area (Å²) in [7, 11) is 0. The Balaban J connectivity index is 2.46. The minimum Gasteiger partial charge on any atom is -0.349 e. The van der Waals surface area contributed by atoms with E-state index in [-0.39, 0.29) is 11.7 Å². The van der Waals surface area contributed by atoms with Crippen molar-refractivity contribution in [3.8, 4) is 0 Å². The van der Waals surface area contributed by atoms with Crippen molar-refractivity contribution in [2.45, 2.75) is 6.92 Å². The average molecular weight is 244 g/mol. The lowest BCUT2D eigenvalue weighted by Crippen LogP contribution is -2.24. The highest BCUT2D eigenvalue weighted by atomic mass is 19.1. The van der Waals surface area contributed by atoms with Crippen molar-refractivity contribution in [1.82, 2.24) is 10.3 Å². The molecule has 4 heteroatoms. The van der Waals surface area contributed by atoms with Crippen molar-refractivity contribution in [1.29, 1.82) is 0 Å². The molecule has 0 fully saturated rings. The zero-order valence-corrected chi connectivity index (χ0v) is 10.0. The summed E-state index contributed by atoms with van der Waals surface area (Å²) in [5.74, 6) is -0.538. The quantitative estimate of drug-likeness (QED) is 0.843. The Labute approximate surface area is 104 Å². The van der Waals surface area contributed by atoms with Gasteiger partial charge in [0.25, 0.3) is 5.91 Å². The van der Waals surface area contributed by atoms with Crippen LogP contribution >= 0.6 is 0 Å². The molecule has 1 aromatic heterocycles. The molecule has 3 nitrogen and oxygen atoms in total. The van der Waals surface area contributed by atoms with E-state index in [4.69, 9.17) is 0 Å². The first-order valence-electron chi connectivity index (χ1n) is 5.58. The van der Waals surface area contributed by atoms with Gasteiger partial charge in [0.2, 0.25) is 0 Å². The first-order valence-corrected chi connectivity index (χ1v) is 5.58. The fourth-order valence-electron chi connectivity index (χ4n) is 1.73. The molecule has 2 aromatic rings. The van der Waals surface area contributed by atoms with Crippen molar-refractivity contribution < 1.29 is 9.18 Å². The first kappa shape index (κ1) is 12.2. The van der Waals surface area contributed by atoms with Crippen LogP contribution in [0.15, 0.2) is 36.9 Å². The van der Waals surface area contributed by atoms with Gasteiger partial charge >= 0.3 is 0 Å². The van der Waals surface area contributed by atoms with Gasteiger partial charge in [0, 0.05) is 18.0 Å². The number of amides is 1. The number of carbonyl (C=O) groups is 1. The lowest BCUT2D eigenvalue weighted by Gasteiger charge is -2.07. The number of nitrogens with one attached hydrogen (secondary N) is 1. The zero-order chi connectivity index (χ0) is 13.1. The lowest BCUT2D eigenvalue weighted by atomic mass is 10.1. The average Bonchev–Trinajstić information content (AvgIpc) is 2.35. The summed E-state index contributed by atoms with van der Waals surface area (Å²) in [6.45, 7) is 5.67. The predicted molar refractivity (Wildman–Crippen MR) is 69.0 cm³/mol. The minimum absolute atomic E-state index is 0.203. The van der Waals surface area contributed by atoms with Crippen molar-refractivity contribution in [2.75, 3.05) is 6.54 Å². The van der Waals surface area contributed by atoms with Gasteiger partial charge in [-0.1, -0.05) is 6.08 Å². The molecule has 92 valence electrons. The van der Waals surface area contributed by atoms with Gasteiger partial charge in [0.05, 0.1) is 16.8 Å². The fourth-order valence-corrected chi connectivity index (χ4v) is 1.73. The van der Waals surface area contributed by atoms with Gasteiger partial charge in [-0.25, -0.2) is 4.39 Å². The van der Waals surface area contributed by atoms with Crippen LogP contribution in [0.1, 0.15) is 16.1 Å². The number of hydrogen-bond donors (Lipinski definition) is 1. The predicted octanol–water partition coefficient (Wildman–Crippen LogP) is 2.60. The van der Waals surface area contributed by atoms with Gasteiger partial charge in [-0.05, 0) is 25.1 Å². The largest absolute Gasteiger partial charge is 0.349 e. The summed E-state index contributed by atoms with van der Waals surface area (Å²) >= 11 is 0. The Hall–Kier alpha value is -2.23. The second-order valence-corrected chi connectivity index (χ2v) is 3.96. The highest BCUT2D eigenvalue weighted by molar-refractivity contribution is 5.98. The molecule has 0 spiro atoms. The molecule has 1 aromatic carbocycles. The number of fused-ring (bicyclic) bond motifs is 1. The van der Waals surface area contributed by atoms with Gasteiger partial charge in [-0.15, -0.1) is 6.58 Å². The molecular weight excluding hydrogens is 231 g/mol. The van der Waals surface area contributed by atoms with E-state index in [0.29, 0.717) is 23.3 Å². The maximum atomic E-state index is 13.1. The molecule has 0 saturated carbocycles. The number of pyridine rings is 1. The Bertz CT molecular complexity index is 622. The van der Waals surface area contributed by atoms with E-state index in [0.717, 1.165) is 5.39 Å². The van der Waals surface area contributed by atoms with Gasteiger partial charge in [0.1, 0.15) is 5.82 Å². The van der Waals surface area contributed by atoms with Crippen LogP contribution in [0, 0.1) is 12.7 Å². The van der Waals surface area contributed by atoms with E-state index in [1.165, 1.54) is 12.1 Å². The molecule has 0 aliphatic carbocycles. The SMILES string of the molecule is C=CCNC(=O)c1cc2ccc(F)cc2nc1C. The van der Waals surface area contributed by atoms with Gasteiger partial charge < -0.3 is 5.32 Å². The van der Waals surface area contributed by atoms with Crippen LogP contribution in [0.5, 0.6) is 0 Å². The van der Waals surface area contributed by atoms with Gasteiger partial charge in [0.15, 0.2) is 0 Å². The number of benzene rings is 1. The second kappa shape index (κ2) is 4.96. The third-order valence-electron chi connectivity index (χ3n) is 2.62.